The van der Waals surface area contributed by atoms with E-state index in [0.29, 0.717) is 54.1 Å². The Morgan fingerprint density at radius 3 is 2.88 bits per heavy atom. The van der Waals surface area contributed by atoms with Crippen molar-refractivity contribution in [1.29, 1.82) is 0 Å². The Kier molecular flexibility index (Phi) is 5.87. The zero-order valence-corrected chi connectivity index (χ0v) is 15.2. The molecular formula is C19H23N5O2. The average molecular weight is 353 g/mol. The van der Waals surface area contributed by atoms with E-state index in [0.717, 1.165) is 19.3 Å². The van der Waals surface area contributed by atoms with Crippen LogP contribution in [0.3, 0.4) is 0 Å². The Morgan fingerprint density at radius 1 is 1.27 bits per heavy atom. The first-order valence-corrected chi connectivity index (χ1v) is 8.88. The molecule has 7 heteroatoms. The lowest BCUT2D eigenvalue weighted by molar-refractivity contribution is 0.139. The van der Waals surface area contributed by atoms with E-state index in [2.05, 4.69) is 33.7 Å². The Bertz CT molecular complexity index is 919. The first-order chi connectivity index (χ1) is 12.7. The van der Waals surface area contributed by atoms with Gasteiger partial charge in [-0.05, 0) is 31.4 Å². The van der Waals surface area contributed by atoms with Crippen LogP contribution in [-0.4, -0.2) is 32.7 Å². The maximum atomic E-state index is 6.13. The summed E-state index contributed by atoms with van der Waals surface area (Å²) < 4.78 is 12.8. The summed E-state index contributed by atoms with van der Waals surface area (Å²) in [5.74, 6) is 8.26. The lowest BCUT2D eigenvalue weighted by Crippen LogP contribution is -2.09. The molecule has 0 aromatic carbocycles. The van der Waals surface area contributed by atoms with E-state index in [1.807, 2.05) is 11.5 Å². The summed E-state index contributed by atoms with van der Waals surface area (Å²) in [7, 11) is 0. The highest BCUT2D eigenvalue weighted by Gasteiger charge is 2.17. The molecule has 7 nitrogen and oxygen atoms in total. The quantitative estimate of drug-likeness (QED) is 0.518. The van der Waals surface area contributed by atoms with Gasteiger partial charge in [-0.1, -0.05) is 19.3 Å². The SMILES string of the molecule is CCCCC#Cc1nc2c(N)nc(-c3ccco3)nc2n1CCOCC. The normalized spacial score (nSPS) is 10.8. The fraction of sp³-hybridized carbons (Fsp3) is 0.421. The highest BCUT2D eigenvalue weighted by molar-refractivity contribution is 5.84. The highest BCUT2D eigenvalue weighted by atomic mass is 16.5. The summed E-state index contributed by atoms with van der Waals surface area (Å²) in [5.41, 5.74) is 7.32. The second kappa shape index (κ2) is 8.50. The van der Waals surface area contributed by atoms with Gasteiger partial charge in [-0.25, -0.2) is 15.0 Å². The summed E-state index contributed by atoms with van der Waals surface area (Å²) >= 11 is 0. The van der Waals surface area contributed by atoms with Crippen LogP contribution in [-0.2, 0) is 11.3 Å². The van der Waals surface area contributed by atoms with E-state index in [1.165, 1.54) is 0 Å². The van der Waals surface area contributed by atoms with E-state index in [9.17, 15) is 0 Å². The largest absolute Gasteiger partial charge is 0.461 e. The lowest BCUT2D eigenvalue weighted by atomic mass is 10.2. The van der Waals surface area contributed by atoms with Crippen molar-refractivity contribution in [2.24, 2.45) is 0 Å². The summed E-state index contributed by atoms with van der Waals surface area (Å²) in [6.45, 7) is 5.90. The summed E-state index contributed by atoms with van der Waals surface area (Å²) in [6.07, 6.45) is 4.59. The molecule has 0 unspecified atom stereocenters. The number of rotatable bonds is 7. The highest BCUT2D eigenvalue weighted by Crippen LogP contribution is 2.24. The van der Waals surface area contributed by atoms with Gasteiger partial charge in [0.25, 0.3) is 0 Å². The number of nitrogen functional groups attached to an aromatic ring is 1. The number of aromatic nitrogens is 4. The minimum atomic E-state index is 0.313. The van der Waals surface area contributed by atoms with Crippen molar-refractivity contribution in [3.05, 3.63) is 24.2 Å². The number of nitrogens with two attached hydrogens (primary N) is 1. The molecule has 0 aliphatic heterocycles. The first-order valence-electron chi connectivity index (χ1n) is 8.88. The zero-order chi connectivity index (χ0) is 18.4. The van der Waals surface area contributed by atoms with Gasteiger partial charge >= 0.3 is 0 Å². The number of fused-ring (bicyclic) bond motifs is 1. The molecule has 0 radical (unpaired) electrons. The fourth-order valence-electron chi connectivity index (χ4n) is 2.55. The Labute approximate surface area is 152 Å². The van der Waals surface area contributed by atoms with Gasteiger partial charge in [0, 0.05) is 13.0 Å². The molecular weight excluding hydrogens is 330 g/mol. The number of hydrogen-bond donors (Lipinski definition) is 1. The standard InChI is InChI=1S/C19H23N5O2/c1-3-5-6-7-10-15-21-16-17(20)22-18(14-9-8-12-26-14)23-19(16)24(15)11-13-25-4-2/h8-9,12H,3-6,11,13H2,1-2H3,(H2,20,22,23). The van der Waals surface area contributed by atoms with Gasteiger partial charge in [0.15, 0.2) is 34.4 Å². The predicted octanol–water partition coefficient (Wildman–Crippen LogP) is 3.25. The van der Waals surface area contributed by atoms with Crippen molar-refractivity contribution in [3.8, 4) is 23.4 Å². The molecule has 0 aliphatic carbocycles. The monoisotopic (exact) mass is 353 g/mol. The van der Waals surface area contributed by atoms with Crippen LogP contribution in [0.4, 0.5) is 5.82 Å². The molecule has 3 aromatic heterocycles. The van der Waals surface area contributed by atoms with Crippen LogP contribution in [0.2, 0.25) is 0 Å². The molecule has 0 saturated heterocycles. The molecule has 136 valence electrons. The van der Waals surface area contributed by atoms with Crippen LogP contribution >= 0.6 is 0 Å². The van der Waals surface area contributed by atoms with Crippen molar-refractivity contribution in [2.45, 2.75) is 39.7 Å². The third-order valence-corrected chi connectivity index (χ3v) is 3.88. The second-order valence-electron chi connectivity index (χ2n) is 5.77. The number of unbranched alkanes of at least 4 members (excludes halogenated alkanes) is 2. The van der Waals surface area contributed by atoms with Crippen molar-refractivity contribution < 1.29 is 9.15 Å². The Balaban J connectivity index is 2.05. The van der Waals surface area contributed by atoms with E-state index in [-0.39, 0.29) is 0 Å². The van der Waals surface area contributed by atoms with Gasteiger partial charge in [-0.2, -0.15) is 0 Å². The molecule has 0 aliphatic rings. The van der Waals surface area contributed by atoms with Gasteiger partial charge in [-0.3, -0.25) is 4.57 Å². The van der Waals surface area contributed by atoms with E-state index < -0.39 is 0 Å². The second-order valence-corrected chi connectivity index (χ2v) is 5.77. The predicted molar refractivity (Wildman–Crippen MR) is 100 cm³/mol. The average Bonchev–Trinajstić information content (AvgIpc) is 3.28. The van der Waals surface area contributed by atoms with Crippen LogP contribution in [0.25, 0.3) is 22.7 Å². The van der Waals surface area contributed by atoms with E-state index >= 15 is 0 Å². The fourth-order valence-corrected chi connectivity index (χ4v) is 2.55. The van der Waals surface area contributed by atoms with Crippen molar-refractivity contribution in [3.63, 3.8) is 0 Å². The number of imidazole rings is 1. The molecule has 3 rings (SSSR count). The number of nitrogens with zero attached hydrogens (tertiary/aromatic N) is 4. The van der Waals surface area contributed by atoms with Crippen LogP contribution in [0, 0.1) is 11.8 Å². The summed E-state index contributed by atoms with van der Waals surface area (Å²) in [5, 5.41) is 0. The summed E-state index contributed by atoms with van der Waals surface area (Å²) in [6, 6.07) is 3.59. The third kappa shape index (κ3) is 3.86. The molecule has 0 amide bonds. The number of ether oxygens (including phenoxy) is 1. The van der Waals surface area contributed by atoms with Gasteiger partial charge < -0.3 is 14.9 Å². The number of anilines is 1. The third-order valence-electron chi connectivity index (χ3n) is 3.88. The zero-order valence-electron chi connectivity index (χ0n) is 15.2. The first kappa shape index (κ1) is 18.0. The number of furan rings is 1. The summed E-state index contributed by atoms with van der Waals surface area (Å²) in [4.78, 5) is 13.5. The smallest absolute Gasteiger partial charge is 0.199 e. The van der Waals surface area contributed by atoms with Crippen molar-refractivity contribution in [1.82, 2.24) is 19.5 Å². The van der Waals surface area contributed by atoms with E-state index in [4.69, 9.17) is 14.9 Å². The maximum absolute atomic E-state index is 6.13. The van der Waals surface area contributed by atoms with Crippen LogP contribution < -0.4 is 5.73 Å². The molecule has 3 aromatic rings. The van der Waals surface area contributed by atoms with Gasteiger partial charge in [0.2, 0.25) is 0 Å². The molecule has 0 bridgehead atoms. The van der Waals surface area contributed by atoms with E-state index in [1.54, 1.807) is 18.4 Å². The molecule has 2 N–H and O–H groups in total. The molecule has 0 atom stereocenters. The van der Waals surface area contributed by atoms with Crippen LogP contribution in [0.5, 0.6) is 0 Å². The molecule has 0 fully saturated rings. The lowest BCUT2D eigenvalue weighted by Gasteiger charge is -2.06. The molecule has 3 heterocycles. The maximum Gasteiger partial charge on any atom is 0.199 e. The molecule has 0 spiro atoms. The topological polar surface area (TPSA) is 92.0 Å². The Morgan fingerprint density at radius 2 is 2.15 bits per heavy atom. The number of hydrogen-bond acceptors (Lipinski definition) is 6. The van der Waals surface area contributed by atoms with Gasteiger partial charge in [-0.15, -0.1) is 0 Å². The molecule has 0 saturated carbocycles. The molecule has 26 heavy (non-hydrogen) atoms. The van der Waals surface area contributed by atoms with Gasteiger partial charge in [0.05, 0.1) is 19.4 Å². The minimum Gasteiger partial charge on any atom is -0.461 e. The Hall–Kier alpha value is -2.85. The van der Waals surface area contributed by atoms with Crippen molar-refractivity contribution >= 4 is 17.0 Å². The minimum absolute atomic E-state index is 0.313. The van der Waals surface area contributed by atoms with Crippen LogP contribution in [0.15, 0.2) is 22.8 Å². The van der Waals surface area contributed by atoms with Crippen molar-refractivity contribution in [2.75, 3.05) is 18.9 Å². The van der Waals surface area contributed by atoms with Gasteiger partial charge in [0.1, 0.15) is 0 Å². The van der Waals surface area contributed by atoms with Crippen LogP contribution in [0.1, 0.15) is 38.9 Å².